The molecule has 0 heterocycles. The molecule has 0 unspecified atom stereocenters. The number of sulfonamides is 1. The molecular formula is C32H31ClN4O4S. The van der Waals surface area contributed by atoms with Gasteiger partial charge in [0.2, 0.25) is 0 Å². The molecule has 0 atom stereocenters. The summed E-state index contributed by atoms with van der Waals surface area (Å²) in [6.45, 7) is 5.02. The maximum atomic E-state index is 13.7. The van der Waals surface area contributed by atoms with Crippen LogP contribution in [-0.4, -0.2) is 32.5 Å². The SMILES string of the molecule is CCc1ccccc1N(CC(=O)N/N=C(/C)c1cccc(NC(=O)c2cccc(Cl)c2)c1)S(=O)(=O)c1ccc(C)cc1. The average molecular weight is 603 g/mol. The van der Waals surface area contributed by atoms with Crippen LogP contribution in [0, 0.1) is 6.92 Å². The van der Waals surface area contributed by atoms with Crippen LogP contribution < -0.4 is 15.0 Å². The number of hydrogen-bond acceptors (Lipinski definition) is 5. The number of rotatable bonds is 10. The zero-order valence-corrected chi connectivity index (χ0v) is 25.0. The number of nitrogens with zero attached hydrogens (tertiary/aromatic N) is 2. The molecule has 216 valence electrons. The average Bonchev–Trinajstić information content (AvgIpc) is 2.99. The molecule has 0 radical (unpaired) electrons. The van der Waals surface area contributed by atoms with Gasteiger partial charge < -0.3 is 5.32 Å². The fraction of sp³-hybridized carbons (Fsp3) is 0.156. The van der Waals surface area contributed by atoms with Gasteiger partial charge in [0.25, 0.3) is 21.8 Å². The maximum Gasteiger partial charge on any atom is 0.264 e. The third-order valence-electron chi connectivity index (χ3n) is 6.51. The summed E-state index contributed by atoms with van der Waals surface area (Å²) in [5.41, 5.74) is 6.69. The maximum absolute atomic E-state index is 13.7. The van der Waals surface area contributed by atoms with Gasteiger partial charge in [-0.15, -0.1) is 0 Å². The Morgan fingerprint density at radius 1 is 0.881 bits per heavy atom. The number of aryl methyl sites for hydroxylation is 2. The van der Waals surface area contributed by atoms with E-state index in [1.807, 2.05) is 26.0 Å². The van der Waals surface area contributed by atoms with E-state index in [9.17, 15) is 18.0 Å². The molecule has 8 nitrogen and oxygen atoms in total. The Kier molecular flexibility index (Phi) is 9.77. The van der Waals surface area contributed by atoms with Crippen LogP contribution in [0.3, 0.4) is 0 Å². The van der Waals surface area contributed by atoms with Crippen LogP contribution in [0.1, 0.15) is 40.9 Å². The van der Waals surface area contributed by atoms with Crippen LogP contribution in [0.5, 0.6) is 0 Å². The minimum absolute atomic E-state index is 0.0862. The van der Waals surface area contributed by atoms with Gasteiger partial charge in [-0.1, -0.05) is 72.6 Å². The smallest absolute Gasteiger partial charge is 0.264 e. The fourth-order valence-electron chi connectivity index (χ4n) is 4.22. The Morgan fingerprint density at radius 2 is 1.57 bits per heavy atom. The van der Waals surface area contributed by atoms with Crippen LogP contribution in [0.2, 0.25) is 5.02 Å². The second kappa shape index (κ2) is 13.5. The van der Waals surface area contributed by atoms with E-state index in [0.29, 0.717) is 39.7 Å². The van der Waals surface area contributed by atoms with E-state index in [-0.39, 0.29) is 10.8 Å². The Morgan fingerprint density at radius 3 is 2.29 bits per heavy atom. The Hall–Kier alpha value is -4.47. The van der Waals surface area contributed by atoms with Gasteiger partial charge in [-0.25, -0.2) is 13.8 Å². The summed E-state index contributed by atoms with van der Waals surface area (Å²) in [6, 6.07) is 27.2. The number of anilines is 2. The molecule has 0 saturated heterocycles. The number of hydrazone groups is 1. The molecule has 2 N–H and O–H groups in total. The van der Waals surface area contributed by atoms with Crippen molar-refractivity contribution >= 4 is 50.5 Å². The number of hydrogen-bond donors (Lipinski definition) is 2. The number of nitrogens with one attached hydrogen (secondary N) is 2. The number of carbonyl (C=O) groups excluding carboxylic acids is 2. The molecule has 2 amide bonds. The van der Waals surface area contributed by atoms with E-state index in [4.69, 9.17) is 11.6 Å². The van der Waals surface area contributed by atoms with Crippen molar-refractivity contribution < 1.29 is 18.0 Å². The normalized spacial score (nSPS) is 11.6. The fourth-order valence-corrected chi connectivity index (χ4v) is 5.87. The summed E-state index contributed by atoms with van der Waals surface area (Å²) in [6.07, 6.45) is 0.583. The molecule has 0 aliphatic rings. The molecule has 0 spiro atoms. The molecular weight excluding hydrogens is 572 g/mol. The molecule has 0 aliphatic heterocycles. The van der Waals surface area contributed by atoms with E-state index in [1.165, 1.54) is 12.1 Å². The summed E-state index contributed by atoms with van der Waals surface area (Å²) < 4.78 is 28.6. The summed E-state index contributed by atoms with van der Waals surface area (Å²) in [5, 5.41) is 7.49. The number of para-hydroxylation sites is 1. The molecule has 0 aliphatic carbocycles. The highest BCUT2D eigenvalue weighted by molar-refractivity contribution is 7.92. The predicted molar refractivity (Wildman–Crippen MR) is 168 cm³/mol. The zero-order chi connectivity index (χ0) is 30.3. The van der Waals surface area contributed by atoms with E-state index in [2.05, 4.69) is 15.8 Å². The van der Waals surface area contributed by atoms with Gasteiger partial charge >= 0.3 is 0 Å². The van der Waals surface area contributed by atoms with Crippen molar-refractivity contribution in [2.24, 2.45) is 5.10 Å². The Labute approximate surface area is 251 Å². The second-order valence-corrected chi connectivity index (χ2v) is 11.9. The minimum Gasteiger partial charge on any atom is -0.322 e. The van der Waals surface area contributed by atoms with Crippen molar-refractivity contribution in [2.45, 2.75) is 32.1 Å². The van der Waals surface area contributed by atoms with Crippen LogP contribution in [0.4, 0.5) is 11.4 Å². The van der Waals surface area contributed by atoms with E-state index >= 15 is 0 Å². The van der Waals surface area contributed by atoms with Crippen molar-refractivity contribution in [3.63, 3.8) is 0 Å². The topological polar surface area (TPSA) is 108 Å². The monoisotopic (exact) mass is 602 g/mol. The van der Waals surface area contributed by atoms with Gasteiger partial charge in [-0.3, -0.25) is 13.9 Å². The Balaban J connectivity index is 1.53. The van der Waals surface area contributed by atoms with Gasteiger partial charge in [-0.2, -0.15) is 5.10 Å². The molecule has 0 saturated carbocycles. The van der Waals surface area contributed by atoms with E-state index in [1.54, 1.807) is 79.7 Å². The summed E-state index contributed by atoms with van der Waals surface area (Å²) >= 11 is 6.00. The third-order valence-corrected chi connectivity index (χ3v) is 8.52. The van der Waals surface area contributed by atoms with Crippen LogP contribution in [-0.2, 0) is 21.2 Å². The largest absolute Gasteiger partial charge is 0.322 e. The molecule has 4 aromatic rings. The highest BCUT2D eigenvalue weighted by atomic mass is 35.5. The lowest BCUT2D eigenvalue weighted by atomic mass is 10.1. The molecule has 4 rings (SSSR count). The third kappa shape index (κ3) is 7.43. The van der Waals surface area contributed by atoms with Gasteiger partial charge in [0, 0.05) is 16.3 Å². The van der Waals surface area contributed by atoms with E-state index < -0.39 is 22.5 Å². The lowest BCUT2D eigenvalue weighted by Gasteiger charge is -2.26. The molecule has 0 fully saturated rings. The minimum atomic E-state index is -4.06. The predicted octanol–water partition coefficient (Wildman–Crippen LogP) is 6.20. The number of halogens is 1. The first-order chi connectivity index (χ1) is 20.1. The first-order valence-corrected chi connectivity index (χ1v) is 15.1. The molecule has 42 heavy (non-hydrogen) atoms. The molecule has 4 aromatic carbocycles. The van der Waals surface area contributed by atoms with Crippen molar-refractivity contribution in [3.8, 4) is 0 Å². The van der Waals surface area contributed by atoms with Gasteiger partial charge in [0.1, 0.15) is 6.54 Å². The van der Waals surface area contributed by atoms with Crippen LogP contribution >= 0.6 is 11.6 Å². The highest BCUT2D eigenvalue weighted by Crippen LogP contribution is 2.27. The van der Waals surface area contributed by atoms with Gasteiger partial charge in [0.15, 0.2) is 0 Å². The number of benzene rings is 4. The number of carbonyl (C=O) groups is 2. The molecule has 0 aromatic heterocycles. The lowest BCUT2D eigenvalue weighted by molar-refractivity contribution is -0.119. The Bertz CT molecular complexity index is 1740. The zero-order valence-electron chi connectivity index (χ0n) is 23.5. The summed E-state index contributed by atoms with van der Waals surface area (Å²) in [5.74, 6) is -0.930. The quantitative estimate of drug-likeness (QED) is 0.166. The van der Waals surface area contributed by atoms with Crippen molar-refractivity contribution in [3.05, 3.63) is 124 Å². The summed E-state index contributed by atoms with van der Waals surface area (Å²) in [7, 11) is -4.06. The van der Waals surface area contributed by atoms with Crippen molar-refractivity contribution in [2.75, 3.05) is 16.2 Å². The van der Waals surface area contributed by atoms with E-state index in [0.717, 1.165) is 15.4 Å². The van der Waals surface area contributed by atoms with Gasteiger partial charge in [0.05, 0.1) is 16.3 Å². The highest BCUT2D eigenvalue weighted by Gasteiger charge is 2.28. The molecule has 0 bridgehead atoms. The molecule has 10 heteroatoms. The van der Waals surface area contributed by atoms with Crippen LogP contribution in [0.25, 0.3) is 0 Å². The van der Waals surface area contributed by atoms with Crippen LogP contribution in [0.15, 0.2) is 107 Å². The van der Waals surface area contributed by atoms with Gasteiger partial charge in [-0.05, 0) is 79.9 Å². The standard InChI is InChI=1S/C32H31ClN4O4S/c1-4-24-9-5-6-14-30(24)37(42(40,41)29-17-15-22(2)16-18-29)21-31(38)36-35-23(3)25-10-8-13-28(20-25)34-32(39)26-11-7-12-27(33)19-26/h5-20H,4,21H2,1-3H3,(H,34,39)(H,36,38)/b35-23-. The van der Waals surface area contributed by atoms with Crippen molar-refractivity contribution in [1.29, 1.82) is 0 Å². The summed E-state index contributed by atoms with van der Waals surface area (Å²) in [4.78, 5) is 25.8. The second-order valence-electron chi connectivity index (χ2n) is 9.58. The first kappa shape index (κ1) is 30.5. The lowest BCUT2D eigenvalue weighted by Crippen LogP contribution is -2.40. The number of amides is 2. The first-order valence-electron chi connectivity index (χ1n) is 13.3. The van der Waals surface area contributed by atoms with Crippen molar-refractivity contribution in [1.82, 2.24) is 5.43 Å².